The molecule has 0 saturated carbocycles. The van der Waals surface area contributed by atoms with Gasteiger partial charge in [0, 0.05) is 11.8 Å². The van der Waals surface area contributed by atoms with Crippen LogP contribution in [0.2, 0.25) is 0 Å². The Hall–Kier alpha value is -3.50. The summed E-state index contributed by atoms with van der Waals surface area (Å²) in [6, 6.07) is 8.83. The molecule has 4 rings (SSSR count). The van der Waals surface area contributed by atoms with Crippen molar-refractivity contribution in [3.63, 3.8) is 0 Å². The fraction of sp³-hybridized carbons (Fsp3) is 0.235. The van der Waals surface area contributed by atoms with Gasteiger partial charge in [0.25, 0.3) is 5.91 Å². The minimum absolute atomic E-state index is 0.168. The fourth-order valence-electron chi connectivity index (χ4n) is 2.78. The van der Waals surface area contributed by atoms with E-state index in [9.17, 15) is 18.0 Å². The lowest BCUT2D eigenvalue weighted by Crippen LogP contribution is -2.56. The van der Waals surface area contributed by atoms with Gasteiger partial charge in [-0.1, -0.05) is 6.07 Å². The number of carbonyl (C=O) groups excluding carboxylic acids is 1. The zero-order chi connectivity index (χ0) is 19.7. The largest absolute Gasteiger partial charge is 0.470 e. The van der Waals surface area contributed by atoms with Crippen LogP contribution >= 0.6 is 0 Å². The number of rotatable bonds is 4. The van der Waals surface area contributed by atoms with E-state index in [1.165, 1.54) is 28.2 Å². The first-order valence-corrected chi connectivity index (χ1v) is 8.23. The van der Waals surface area contributed by atoms with Crippen LogP contribution in [0.5, 0.6) is 5.88 Å². The Bertz CT molecular complexity index is 987. The van der Waals surface area contributed by atoms with Crippen molar-refractivity contribution in [1.29, 1.82) is 0 Å². The highest BCUT2D eigenvalue weighted by atomic mass is 19.4. The number of pyridine rings is 1. The van der Waals surface area contributed by atoms with E-state index in [0.29, 0.717) is 11.3 Å². The van der Waals surface area contributed by atoms with Crippen LogP contribution in [0.4, 0.5) is 13.2 Å². The molecule has 0 radical (unpaired) electrons. The highest BCUT2D eigenvalue weighted by Crippen LogP contribution is 2.35. The summed E-state index contributed by atoms with van der Waals surface area (Å²) in [5.74, 6) is -0.736. The van der Waals surface area contributed by atoms with E-state index in [2.05, 4.69) is 20.5 Å². The Morgan fingerprint density at radius 3 is 2.71 bits per heavy atom. The first kappa shape index (κ1) is 17.9. The Balaban J connectivity index is 1.41. The van der Waals surface area contributed by atoms with Crippen LogP contribution in [0.25, 0.3) is 5.69 Å². The first-order chi connectivity index (χ1) is 13.4. The van der Waals surface area contributed by atoms with E-state index in [4.69, 9.17) is 4.74 Å². The molecule has 3 heterocycles. The maximum absolute atomic E-state index is 13.0. The van der Waals surface area contributed by atoms with Gasteiger partial charge in [-0.2, -0.15) is 13.2 Å². The van der Waals surface area contributed by atoms with Crippen LogP contribution in [0.1, 0.15) is 15.9 Å². The summed E-state index contributed by atoms with van der Waals surface area (Å²) in [6.07, 6.45) is -2.47. The number of alkyl halides is 3. The van der Waals surface area contributed by atoms with Gasteiger partial charge in [-0.05, 0) is 40.8 Å². The number of carbonyl (C=O) groups is 1. The van der Waals surface area contributed by atoms with E-state index in [-0.39, 0.29) is 19.0 Å². The summed E-state index contributed by atoms with van der Waals surface area (Å²) in [4.78, 5) is 17.7. The van der Waals surface area contributed by atoms with Crippen LogP contribution in [-0.2, 0) is 6.18 Å². The predicted octanol–water partition coefficient (Wildman–Crippen LogP) is 1.98. The Labute approximate surface area is 156 Å². The van der Waals surface area contributed by atoms with E-state index in [0.717, 1.165) is 6.07 Å². The van der Waals surface area contributed by atoms with Gasteiger partial charge in [0.05, 0.1) is 18.8 Å². The number of benzene rings is 1. The molecule has 2 aromatic heterocycles. The molecule has 0 atom stereocenters. The Morgan fingerprint density at radius 1 is 1.18 bits per heavy atom. The average Bonchev–Trinajstić information content (AvgIpc) is 3.18. The summed E-state index contributed by atoms with van der Waals surface area (Å²) in [5.41, 5.74) is 0.0988. The topological polar surface area (TPSA) is 86.0 Å². The summed E-state index contributed by atoms with van der Waals surface area (Å²) in [6.45, 7) is 0.337. The van der Waals surface area contributed by atoms with Crippen molar-refractivity contribution < 1.29 is 22.7 Å². The molecule has 1 aliphatic heterocycles. The van der Waals surface area contributed by atoms with Crippen molar-refractivity contribution in [1.82, 2.24) is 30.1 Å². The third-order valence-corrected chi connectivity index (χ3v) is 4.20. The van der Waals surface area contributed by atoms with Crippen LogP contribution in [0, 0.1) is 0 Å². The molecule has 1 aliphatic rings. The van der Waals surface area contributed by atoms with Crippen molar-refractivity contribution in [2.24, 2.45) is 0 Å². The summed E-state index contributed by atoms with van der Waals surface area (Å²) in [5, 5.41) is 10.9. The van der Waals surface area contributed by atoms with Crippen molar-refractivity contribution in [3.8, 4) is 11.6 Å². The molecule has 28 heavy (non-hydrogen) atoms. The molecule has 0 N–H and O–H groups in total. The predicted molar refractivity (Wildman–Crippen MR) is 88.7 cm³/mol. The summed E-state index contributed by atoms with van der Waals surface area (Å²) < 4.78 is 45.8. The molecule has 144 valence electrons. The summed E-state index contributed by atoms with van der Waals surface area (Å²) >= 11 is 0. The highest BCUT2D eigenvalue weighted by Gasteiger charge is 2.38. The van der Waals surface area contributed by atoms with Gasteiger partial charge < -0.3 is 9.64 Å². The second kappa shape index (κ2) is 6.91. The minimum atomic E-state index is -4.56. The minimum Gasteiger partial charge on any atom is -0.470 e. The average molecular weight is 390 g/mol. The van der Waals surface area contributed by atoms with Crippen LogP contribution in [0.15, 0.2) is 48.9 Å². The number of likely N-dealkylation sites (tertiary alicyclic amines) is 1. The van der Waals surface area contributed by atoms with Gasteiger partial charge in [-0.25, -0.2) is 9.67 Å². The van der Waals surface area contributed by atoms with Crippen molar-refractivity contribution in [3.05, 3.63) is 60.0 Å². The van der Waals surface area contributed by atoms with Crippen molar-refractivity contribution >= 4 is 5.91 Å². The lowest BCUT2D eigenvalue weighted by atomic mass is 10.1. The molecule has 0 spiro atoms. The van der Waals surface area contributed by atoms with Gasteiger partial charge in [0.15, 0.2) is 0 Å². The van der Waals surface area contributed by atoms with Crippen LogP contribution < -0.4 is 4.74 Å². The van der Waals surface area contributed by atoms with E-state index >= 15 is 0 Å². The molecular weight excluding hydrogens is 377 g/mol. The van der Waals surface area contributed by atoms with Crippen molar-refractivity contribution in [2.45, 2.75) is 12.3 Å². The highest BCUT2D eigenvalue weighted by molar-refractivity contribution is 5.95. The molecule has 3 aromatic rings. The smallest absolute Gasteiger partial charge is 0.421 e. The number of hydrogen-bond acceptors (Lipinski definition) is 6. The first-order valence-electron chi connectivity index (χ1n) is 8.23. The molecule has 1 aromatic carbocycles. The number of tetrazole rings is 1. The third-order valence-electron chi connectivity index (χ3n) is 4.20. The van der Waals surface area contributed by atoms with Gasteiger partial charge in [0.2, 0.25) is 5.88 Å². The molecule has 1 fully saturated rings. The molecule has 0 aliphatic carbocycles. The second-order valence-electron chi connectivity index (χ2n) is 6.11. The molecule has 0 unspecified atom stereocenters. The molecule has 0 bridgehead atoms. The monoisotopic (exact) mass is 390 g/mol. The molecule has 1 saturated heterocycles. The number of ether oxygens (including phenoxy) is 1. The standard InChI is InChI=1S/C17H13F3N6O2/c18-17(19,20)14-5-2-6-21-15(14)28-13-8-25(9-13)16(27)11-3-1-4-12(7-11)26-10-22-23-24-26/h1-7,10,13H,8-9H2. The summed E-state index contributed by atoms with van der Waals surface area (Å²) in [7, 11) is 0. The van der Waals surface area contributed by atoms with Crippen LogP contribution in [0.3, 0.4) is 0 Å². The second-order valence-corrected chi connectivity index (χ2v) is 6.11. The van der Waals surface area contributed by atoms with Gasteiger partial charge >= 0.3 is 6.18 Å². The van der Waals surface area contributed by atoms with Crippen molar-refractivity contribution in [2.75, 3.05) is 13.1 Å². The quantitative estimate of drug-likeness (QED) is 0.677. The number of halogens is 3. The van der Waals surface area contributed by atoms with E-state index in [1.807, 2.05) is 0 Å². The number of amides is 1. The lowest BCUT2D eigenvalue weighted by molar-refractivity contribution is -0.140. The molecule has 1 amide bonds. The number of aromatic nitrogens is 5. The molecule has 8 nitrogen and oxygen atoms in total. The SMILES string of the molecule is O=C(c1cccc(-n2cnnn2)c1)N1CC(Oc2ncccc2C(F)(F)F)C1. The van der Waals surface area contributed by atoms with Gasteiger partial charge in [-0.3, -0.25) is 4.79 Å². The maximum Gasteiger partial charge on any atom is 0.421 e. The zero-order valence-corrected chi connectivity index (χ0v) is 14.2. The number of hydrogen-bond donors (Lipinski definition) is 0. The Morgan fingerprint density at radius 2 is 2.00 bits per heavy atom. The zero-order valence-electron chi connectivity index (χ0n) is 14.2. The third kappa shape index (κ3) is 3.50. The van der Waals surface area contributed by atoms with E-state index in [1.54, 1.807) is 24.3 Å². The van der Waals surface area contributed by atoms with Gasteiger partial charge in [0.1, 0.15) is 18.0 Å². The number of nitrogens with zero attached hydrogens (tertiary/aromatic N) is 6. The fourth-order valence-corrected chi connectivity index (χ4v) is 2.78. The Kier molecular flexibility index (Phi) is 4.41. The molecule has 11 heteroatoms. The molecular formula is C17H13F3N6O2. The normalized spacial score (nSPS) is 14.6. The van der Waals surface area contributed by atoms with Gasteiger partial charge in [-0.15, -0.1) is 5.10 Å². The lowest BCUT2D eigenvalue weighted by Gasteiger charge is -2.39. The maximum atomic E-state index is 13.0. The van der Waals surface area contributed by atoms with Crippen LogP contribution in [-0.4, -0.2) is 55.2 Å². The van der Waals surface area contributed by atoms with E-state index < -0.39 is 23.7 Å².